The van der Waals surface area contributed by atoms with Crippen molar-refractivity contribution in [1.29, 1.82) is 0 Å². The highest BCUT2D eigenvalue weighted by atomic mass is 35.5. The number of alkyl halides is 3. The third kappa shape index (κ3) is 6.05. The van der Waals surface area contributed by atoms with Crippen LogP contribution in [0.2, 0.25) is 5.02 Å². The number of nitrogens with zero attached hydrogens (tertiary/aromatic N) is 2. The Morgan fingerprint density at radius 1 is 1.03 bits per heavy atom. The molecule has 0 bridgehead atoms. The number of anilines is 2. The van der Waals surface area contributed by atoms with Gasteiger partial charge in [0.15, 0.2) is 0 Å². The van der Waals surface area contributed by atoms with E-state index in [1.165, 1.54) is 49.6 Å². The fourth-order valence-electron chi connectivity index (χ4n) is 2.80. The van der Waals surface area contributed by atoms with Crippen LogP contribution in [0.1, 0.15) is 16.1 Å². The molecule has 0 fully saturated rings. The lowest BCUT2D eigenvalue weighted by Gasteiger charge is -2.22. The molecule has 3 amide bonds. The first-order valence-electron chi connectivity index (χ1n) is 9.02. The second-order valence-corrected chi connectivity index (χ2v) is 6.79. The number of nitrogens with two attached hydrogens (primary N) is 1. The molecule has 3 N–H and O–H groups in total. The van der Waals surface area contributed by atoms with Gasteiger partial charge in [-0.05, 0) is 48.5 Å². The Kier molecular flexibility index (Phi) is 8.13. The van der Waals surface area contributed by atoms with E-state index in [2.05, 4.69) is 10.3 Å². The van der Waals surface area contributed by atoms with Crippen molar-refractivity contribution in [3.8, 4) is 11.5 Å². The summed E-state index contributed by atoms with van der Waals surface area (Å²) in [5.74, 6) is 0.300. The molecule has 0 unspecified atom stereocenters. The van der Waals surface area contributed by atoms with Crippen molar-refractivity contribution in [2.24, 2.45) is 5.73 Å². The Morgan fingerprint density at radius 2 is 1.67 bits per heavy atom. The van der Waals surface area contributed by atoms with Gasteiger partial charge in [-0.2, -0.15) is 13.2 Å². The summed E-state index contributed by atoms with van der Waals surface area (Å²) in [5, 5.41) is 1.95. The largest absolute Gasteiger partial charge is 0.457 e. The van der Waals surface area contributed by atoms with E-state index in [0.717, 1.165) is 17.0 Å². The zero-order chi connectivity index (χ0) is 23.5. The van der Waals surface area contributed by atoms with Gasteiger partial charge < -0.3 is 15.8 Å². The van der Waals surface area contributed by atoms with Crippen molar-refractivity contribution in [2.45, 2.75) is 6.18 Å². The fourth-order valence-corrected chi connectivity index (χ4v) is 3.02. The van der Waals surface area contributed by atoms with Crippen LogP contribution >= 0.6 is 24.0 Å². The maximum Gasteiger partial charge on any atom is 0.417 e. The van der Waals surface area contributed by atoms with Gasteiger partial charge in [-0.3, -0.25) is 14.7 Å². The van der Waals surface area contributed by atoms with Gasteiger partial charge in [-0.1, -0.05) is 11.6 Å². The molecule has 7 nitrogen and oxygen atoms in total. The number of halogens is 5. The van der Waals surface area contributed by atoms with Gasteiger partial charge in [0, 0.05) is 19.3 Å². The monoisotopic (exact) mass is 500 g/mol. The first kappa shape index (κ1) is 25.8. The summed E-state index contributed by atoms with van der Waals surface area (Å²) in [6.07, 6.45) is -3.30. The minimum absolute atomic E-state index is 0. The summed E-state index contributed by atoms with van der Waals surface area (Å²) in [4.78, 5) is 28.5. The molecule has 0 saturated carbocycles. The van der Waals surface area contributed by atoms with E-state index < -0.39 is 22.8 Å². The van der Waals surface area contributed by atoms with E-state index >= 15 is 0 Å². The number of benzene rings is 2. The van der Waals surface area contributed by atoms with Crippen molar-refractivity contribution in [3.63, 3.8) is 0 Å². The van der Waals surface area contributed by atoms with Crippen LogP contribution in [0, 0.1) is 0 Å². The number of ether oxygens (including phenoxy) is 1. The Morgan fingerprint density at radius 3 is 2.24 bits per heavy atom. The van der Waals surface area contributed by atoms with Gasteiger partial charge >= 0.3 is 12.2 Å². The quantitative estimate of drug-likeness (QED) is 0.480. The summed E-state index contributed by atoms with van der Waals surface area (Å²) < 4.78 is 45.2. The molecule has 12 heteroatoms. The molecule has 3 rings (SSSR count). The number of primary amides is 1. The van der Waals surface area contributed by atoms with Gasteiger partial charge in [-0.15, -0.1) is 12.4 Å². The number of carbonyl (C=O) groups is 2. The SMILES string of the molecule is CNC(=O)c1cc(Oc2ccc(N(C(N)=O)c3ccc(Cl)c(C(F)(F)F)c3)cc2)ccn1.Cl. The number of urea groups is 1. The number of nitrogens with one attached hydrogen (secondary N) is 1. The van der Waals surface area contributed by atoms with Crippen molar-refractivity contribution in [3.05, 3.63) is 77.1 Å². The van der Waals surface area contributed by atoms with Crippen LogP contribution in [0.5, 0.6) is 11.5 Å². The second kappa shape index (κ2) is 10.4. The third-order valence-electron chi connectivity index (χ3n) is 4.26. The summed E-state index contributed by atoms with van der Waals surface area (Å²) in [6.45, 7) is 0. The highest BCUT2D eigenvalue weighted by Crippen LogP contribution is 2.38. The van der Waals surface area contributed by atoms with Gasteiger partial charge in [0.25, 0.3) is 5.91 Å². The molecule has 174 valence electrons. The number of amides is 3. The van der Waals surface area contributed by atoms with Crippen molar-refractivity contribution >= 4 is 47.3 Å². The fraction of sp³-hybridized carbons (Fsp3) is 0.0952. The lowest BCUT2D eigenvalue weighted by molar-refractivity contribution is -0.137. The second-order valence-electron chi connectivity index (χ2n) is 6.39. The van der Waals surface area contributed by atoms with Gasteiger partial charge in [0.1, 0.15) is 17.2 Å². The normalized spacial score (nSPS) is 10.7. The maximum absolute atomic E-state index is 13.2. The number of hydrogen-bond donors (Lipinski definition) is 2. The molecule has 33 heavy (non-hydrogen) atoms. The number of aromatic nitrogens is 1. The first-order chi connectivity index (χ1) is 15.1. The molecule has 0 saturated heterocycles. The molecule has 0 aliphatic carbocycles. The average Bonchev–Trinajstić information content (AvgIpc) is 2.75. The minimum Gasteiger partial charge on any atom is -0.457 e. The number of rotatable bonds is 5. The number of pyridine rings is 1. The van der Waals surface area contributed by atoms with Crippen LogP contribution in [-0.2, 0) is 6.18 Å². The van der Waals surface area contributed by atoms with Gasteiger partial charge in [0.05, 0.1) is 22.0 Å². The van der Waals surface area contributed by atoms with E-state index in [0.29, 0.717) is 11.5 Å². The Balaban J connectivity index is 0.00000385. The molecule has 1 aromatic heterocycles. The number of hydrogen-bond acceptors (Lipinski definition) is 4. The Hall–Kier alpha value is -3.50. The van der Waals surface area contributed by atoms with Gasteiger partial charge in [0.2, 0.25) is 0 Å². The van der Waals surface area contributed by atoms with E-state index in [9.17, 15) is 22.8 Å². The molecule has 3 aromatic rings. The third-order valence-corrected chi connectivity index (χ3v) is 4.59. The lowest BCUT2D eigenvalue weighted by atomic mass is 10.1. The molecule has 0 radical (unpaired) electrons. The predicted octanol–water partition coefficient (Wildman–Crippen LogP) is 5.54. The summed E-state index contributed by atoms with van der Waals surface area (Å²) in [6, 6.07) is 10.9. The maximum atomic E-state index is 13.2. The van der Waals surface area contributed by atoms with Crippen LogP contribution in [0.15, 0.2) is 60.8 Å². The molecular formula is C21H17Cl2F3N4O3. The predicted molar refractivity (Wildman–Crippen MR) is 120 cm³/mol. The Labute approximate surface area is 197 Å². The van der Waals surface area contributed by atoms with Crippen LogP contribution in [0.25, 0.3) is 0 Å². The van der Waals surface area contributed by atoms with Crippen LogP contribution in [-0.4, -0.2) is 24.0 Å². The molecule has 0 aliphatic rings. The summed E-state index contributed by atoms with van der Waals surface area (Å²) >= 11 is 5.65. The van der Waals surface area contributed by atoms with E-state index in [-0.39, 0.29) is 35.4 Å². The molecule has 0 spiro atoms. The highest BCUT2D eigenvalue weighted by molar-refractivity contribution is 6.31. The zero-order valence-corrected chi connectivity index (χ0v) is 18.5. The molecule has 2 aromatic carbocycles. The van der Waals surface area contributed by atoms with Crippen LogP contribution < -0.4 is 20.7 Å². The summed E-state index contributed by atoms with van der Waals surface area (Å²) in [5.41, 5.74) is 4.59. The van der Waals surface area contributed by atoms with Crippen LogP contribution in [0.4, 0.5) is 29.3 Å². The Bertz CT molecular complexity index is 1160. The van der Waals surface area contributed by atoms with Crippen molar-refractivity contribution in [1.82, 2.24) is 10.3 Å². The van der Waals surface area contributed by atoms with Gasteiger partial charge in [-0.25, -0.2) is 4.79 Å². The topological polar surface area (TPSA) is 97.5 Å². The smallest absolute Gasteiger partial charge is 0.417 e. The molecular weight excluding hydrogens is 484 g/mol. The summed E-state index contributed by atoms with van der Waals surface area (Å²) in [7, 11) is 1.47. The zero-order valence-electron chi connectivity index (χ0n) is 16.9. The lowest BCUT2D eigenvalue weighted by Crippen LogP contribution is -2.31. The standard InChI is InChI=1S/C21H16ClF3N4O3.ClH/c1-27-19(30)18-11-15(8-9-28-18)32-14-5-2-12(3-6-14)29(20(26)31)13-4-7-17(22)16(10-13)21(23,24)25;/h2-11H,1H3,(H2,26,31)(H,27,30);1H. The average molecular weight is 501 g/mol. The van der Waals surface area contributed by atoms with E-state index in [1.807, 2.05) is 0 Å². The van der Waals surface area contributed by atoms with Crippen LogP contribution in [0.3, 0.4) is 0 Å². The molecule has 0 atom stereocenters. The van der Waals surface area contributed by atoms with Crippen molar-refractivity contribution < 1.29 is 27.5 Å². The van der Waals surface area contributed by atoms with E-state index in [4.69, 9.17) is 22.1 Å². The molecule has 0 aliphatic heterocycles. The highest BCUT2D eigenvalue weighted by Gasteiger charge is 2.34. The first-order valence-corrected chi connectivity index (χ1v) is 9.40. The van der Waals surface area contributed by atoms with E-state index in [1.54, 1.807) is 6.07 Å². The molecule has 1 heterocycles. The van der Waals surface area contributed by atoms with Crippen molar-refractivity contribution in [2.75, 3.05) is 11.9 Å². The minimum atomic E-state index is -4.70. The number of carbonyl (C=O) groups excluding carboxylic acids is 2.